The van der Waals surface area contributed by atoms with E-state index in [1.807, 2.05) is 0 Å². The number of imidazole rings is 1. The minimum absolute atomic E-state index is 0.149. The molecule has 0 spiro atoms. The molecule has 0 aliphatic heterocycles. The third-order valence-corrected chi connectivity index (χ3v) is 2.54. The quantitative estimate of drug-likeness (QED) is 0.775. The van der Waals surface area contributed by atoms with E-state index >= 15 is 0 Å². The number of nitrogens with zero attached hydrogens (tertiary/aromatic N) is 3. The van der Waals surface area contributed by atoms with Crippen LogP contribution in [0.5, 0.6) is 0 Å². The molecule has 0 saturated heterocycles. The molecule has 3 N–H and O–H groups in total. The van der Waals surface area contributed by atoms with Gasteiger partial charge in [-0.1, -0.05) is 0 Å². The van der Waals surface area contributed by atoms with Crippen molar-refractivity contribution in [2.75, 3.05) is 12.4 Å². The topological polar surface area (TPSA) is 111 Å². The molecule has 0 aliphatic carbocycles. The fourth-order valence-corrected chi connectivity index (χ4v) is 1.57. The van der Waals surface area contributed by atoms with Crippen molar-refractivity contribution in [3.8, 4) is 0 Å². The van der Waals surface area contributed by atoms with Gasteiger partial charge >= 0.3 is 12.0 Å². The van der Waals surface area contributed by atoms with Gasteiger partial charge in [-0.05, 0) is 12.1 Å². The molecule has 2 rings (SSSR count). The first-order valence-corrected chi connectivity index (χ1v) is 5.76. The number of carboxylic acid groups (broad SMARTS) is 1. The summed E-state index contributed by atoms with van der Waals surface area (Å²) in [7, 11) is 1.58. The van der Waals surface area contributed by atoms with Crippen molar-refractivity contribution in [2.45, 2.75) is 6.54 Å². The SMILES string of the molecule is CN(Cc1ncc[nH]1)C(=O)Nc1cccnc1C(=O)O. The second-order valence-corrected chi connectivity index (χ2v) is 4.03. The number of urea groups is 1. The zero-order valence-corrected chi connectivity index (χ0v) is 10.7. The second-order valence-electron chi connectivity index (χ2n) is 4.03. The Kier molecular flexibility index (Phi) is 3.94. The van der Waals surface area contributed by atoms with E-state index in [9.17, 15) is 9.59 Å². The molecule has 2 aromatic heterocycles. The molecule has 20 heavy (non-hydrogen) atoms. The van der Waals surface area contributed by atoms with Crippen molar-refractivity contribution in [3.63, 3.8) is 0 Å². The molecule has 0 aromatic carbocycles. The predicted octanol–water partition coefficient (Wildman–Crippen LogP) is 1.17. The molecule has 0 unspecified atom stereocenters. The van der Waals surface area contributed by atoms with Crippen LogP contribution in [-0.2, 0) is 6.54 Å². The van der Waals surface area contributed by atoms with Gasteiger partial charge in [-0.3, -0.25) is 0 Å². The number of hydrogen-bond acceptors (Lipinski definition) is 4. The number of carboxylic acids is 1. The minimum Gasteiger partial charge on any atom is -0.476 e. The lowest BCUT2D eigenvalue weighted by Gasteiger charge is -2.17. The number of anilines is 1. The molecule has 0 aliphatic rings. The number of pyridine rings is 1. The molecule has 0 radical (unpaired) electrons. The summed E-state index contributed by atoms with van der Waals surface area (Å²) in [5.74, 6) is -0.568. The van der Waals surface area contributed by atoms with Crippen molar-refractivity contribution in [1.29, 1.82) is 0 Å². The predicted molar refractivity (Wildman–Crippen MR) is 70.3 cm³/mol. The molecular formula is C12H13N5O3. The summed E-state index contributed by atoms with van der Waals surface area (Å²) in [5, 5.41) is 11.5. The largest absolute Gasteiger partial charge is 0.476 e. The first-order chi connectivity index (χ1) is 9.58. The van der Waals surface area contributed by atoms with E-state index in [-0.39, 0.29) is 17.9 Å². The Bertz CT molecular complexity index is 611. The van der Waals surface area contributed by atoms with Crippen LogP contribution in [-0.4, -0.2) is 44.0 Å². The van der Waals surface area contributed by atoms with E-state index in [4.69, 9.17) is 5.11 Å². The number of nitrogens with one attached hydrogen (secondary N) is 2. The monoisotopic (exact) mass is 275 g/mol. The standard InChI is InChI=1S/C12H13N5O3/c1-17(7-9-13-5-6-14-9)12(20)16-8-3-2-4-15-10(8)11(18)19/h2-6H,7H2,1H3,(H,13,14)(H,16,20)(H,18,19). The Labute approximate surface area is 114 Å². The van der Waals surface area contributed by atoms with E-state index in [2.05, 4.69) is 20.3 Å². The highest BCUT2D eigenvalue weighted by molar-refractivity contribution is 5.98. The van der Waals surface area contributed by atoms with Crippen molar-refractivity contribution in [1.82, 2.24) is 19.9 Å². The maximum absolute atomic E-state index is 12.0. The van der Waals surface area contributed by atoms with Crippen molar-refractivity contribution in [3.05, 3.63) is 42.2 Å². The maximum Gasteiger partial charge on any atom is 0.356 e. The average molecular weight is 275 g/mol. The Balaban J connectivity index is 2.06. The molecule has 2 heterocycles. The highest BCUT2D eigenvalue weighted by Crippen LogP contribution is 2.12. The van der Waals surface area contributed by atoms with Gasteiger partial charge in [0.05, 0.1) is 12.2 Å². The summed E-state index contributed by atoms with van der Waals surface area (Å²) in [6.45, 7) is 0.279. The fraction of sp³-hybridized carbons (Fsp3) is 0.167. The first kappa shape index (κ1) is 13.5. The van der Waals surface area contributed by atoms with Crippen molar-refractivity contribution in [2.24, 2.45) is 0 Å². The minimum atomic E-state index is -1.20. The van der Waals surface area contributed by atoms with E-state index < -0.39 is 12.0 Å². The first-order valence-electron chi connectivity index (χ1n) is 5.76. The van der Waals surface area contributed by atoms with E-state index in [0.29, 0.717) is 5.82 Å². The number of aromatic nitrogens is 3. The summed E-state index contributed by atoms with van der Waals surface area (Å²) in [6, 6.07) is 2.58. The van der Waals surface area contributed by atoms with E-state index in [0.717, 1.165) is 0 Å². The van der Waals surface area contributed by atoms with Crippen LogP contribution < -0.4 is 5.32 Å². The third kappa shape index (κ3) is 3.10. The van der Waals surface area contributed by atoms with Crippen LogP contribution in [0.25, 0.3) is 0 Å². The summed E-state index contributed by atoms with van der Waals surface area (Å²) >= 11 is 0. The van der Waals surface area contributed by atoms with Gasteiger partial charge in [0.15, 0.2) is 5.69 Å². The van der Waals surface area contributed by atoms with Crippen molar-refractivity contribution >= 4 is 17.7 Å². The highest BCUT2D eigenvalue weighted by atomic mass is 16.4. The summed E-state index contributed by atoms with van der Waals surface area (Å²) in [6.07, 6.45) is 4.60. The number of carbonyl (C=O) groups is 2. The second kappa shape index (κ2) is 5.83. The molecule has 2 aromatic rings. The number of amides is 2. The van der Waals surface area contributed by atoms with Gasteiger partial charge < -0.3 is 20.3 Å². The fourth-order valence-electron chi connectivity index (χ4n) is 1.57. The van der Waals surface area contributed by atoms with Gasteiger partial charge in [0.1, 0.15) is 5.82 Å². The van der Waals surface area contributed by atoms with Gasteiger partial charge in [0, 0.05) is 25.6 Å². The van der Waals surface area contributed by atoms with Gasteiger partial charge in [-0.25, -0.2) is 19.6 Å². The van der Waals surface area contributed by atoms with Crippen molar-refractivity contribution < 1.29 is 14.7 Å². The van der Waals surface area contributed by atoms with Crippen LogP contribution >= 0.6 is 0 Å². The number of H-pyrrole nitrogens is 1. The van der Waals surface area contributed by atoms with Crippen LogP contribution in [0.3, 0.4) is 0 Å². The summed E-state index contributed by atoms with van der Waals surface area (Å²) in [4.78, 5) is 34.9. The highest BCUT2D eigenvalue weighted by Gasteiger charge is 2.16. The van der Waals surface area contributed by atoms with E-state index in [1.165, 1.54) is 17.2 Å². The molecule has 0 atom stereocenters. The Morgan fingerprint density at radius 2 is 2.20 bits per heavy atom. The molecule has 0 bridgehead atoms. The third-order valence-electron chi connectivity index (χ3n) is 2.54. The summed E-state index contributed by atoms with van der Waals surface area (Å²) < 4.78 is 0. The van der Waals surface area contributed by atoms with Crippen LogP contribution in [0.2, 0.25) is 0 Å². The van der Waals surface area contributed by atoms with Crippen LogP contribution in [0.15, 0.2) is 30.7 Å². The number of hydrogen-bond donors (Lipinski definition) is 3. The molecule has 8 heteroatoms. The lowest BCUT2D eigenvalue weighted by Crippen LogP contribution is -2.31. The smallest absolute Gasteiger partial charge is 0.356 e. The molecular weight excluding hydrogens is 262 g/mol. The van der Waals surface area contributed by atoms with E-state index in [1.54, 1.807) is 25.5 Å². The van der Waals surface area contributed by atoms with Gasteiger partial charge in [-0.15, -0.1) is 0 Å². The van der Waals surface area contributed by atoms with Crippen LogP contribution in [0.1, 0.15) is 16.3 Å². The molecule has 0 saturated carbocycles. The molecule has 104 valence electrons. The zero-order valence-electron chi connectivity index (χ0n) is 10.7. The number of aromatic carboxylic acids is 1. The average Bonchev–Trinajstić information content (AvgIpc) is 2.91. The normalized spacial score (nSPS) is 10.1. The van der Waals surface area contributed by atoms with Gasteiger partial charge in [0.25, 0.3) is 0 Å². The van der Waals surface area contributed by atoms with Crippen LogP contribution in [0.4, 0.5) is 10.5 Å². The lowest BCUT2D eigenvalue weighted by atomic mass is 10.3. The lowest BCUT2D eigenvalue weighted by molar-refractivity contribution is 0.0691. The zero-order chi connectivity index (χ0) is 14.5. The Morgan fingerprint density at radius 1 is 1.40 bits per heavy atom. The molecule has 2 amide bonds. The number of rotatable bonds is 4. The Hall–Kier alpha value is -2.90. The molecule has 8 nitrogen and oxygen atoms in total. The van der Waals surface area contributed by atoms with Crippen LogP contribution in [0, 0.1) is 0 Å². The molecule has 0 fully saturated rings. The number of carbonyl (C=O) groups excluding carboxylic acids is 1. The number of aromatic amines is 1. The van der Waals surface area contributed by atoms with Gasteiger partial charge in [0.2, 0.25) is 0 Å². The maximum atomic E-state index is 12.0. The van der Waals surface area contributed by atoms with Gasteiger partial charge in [-0.2, -0.15) is 0 Å². The Morgan fingerprint density at radius 3 is 2.85 bits per heavy atom. The summed E-state index contributed by atoms with van der Waals surface area (Å²) in [5.41, 5.74) is -0.0523.